The molecule has 0 aromatic heterocycles. The Bertz CT molecular complexity index is 44.2. The monoisotopic (exact) mass is 239 g/mol. The smallest absolute Gasteiger partial charge is 0 e. The molecule has 0 radical (unpaired) electrons. The van der Waals surface area contributed by atoms with E-state index in [1.165, 1.54) is 0 Å². The van der Waals surface area contributed by atoms with Gasteiger partial charge in [-0.3, -0.25) is 0 Å². The van der Waals surface area contributed by atoms with Crippen molar-refractivity contribution in [1.82, 2.24) is 0 Å². The number of rotatable bonds is 0. The Morgan fingerprint density at radius 2 is 1.33 bits per heavy atom. The SMILES string of the molecule is C=C=C.[CH2-]CP.[NH2-].[NH2-].[Pd]. The first-order valence-corrected chi connectivity index (χ1v) is 2.43. The van der Waals surface area contributed by atoms with Gasteiger partial charge in [0.1, 0.15) is 0 Å². The normalized spacial score (nSPS) is 2.89. The van der Waals surface area contributed by atoms with E-state index in [0.29, 0.717) is 0 Å². The standard InChI is InChI=1S/C3H4.C2H6P.2H2N.Pd/c1-3-2;1-2-3;;;/h1-2H2;1-3H2;2*1H2;/q;3*-1;. The summed E-state index contributed by atoms with van der Waals surface area (Å²) >= 11 is 0. The number of hydrogen-bond donors (Lipinski definition) is 0. The van der Waals surface area contributed by atoms with Crippen LogP contribution in [0.3, 0.4) is 0 Å². The molecule has 1 atom stereocenters. The third kappa shape index (κ3) is 1280. The van der Waals surface area contributed by atoms with E-state index >= 15 is 0 Å². The van der Waals surface area contributed by atoms with Crippen LogP contribution < -0.4 is 0 Å². The molecule has 0 aliphatic carbocycles. The van der Waals surface area contributed by atoms with Gasteiger partial charge in [-0.15, -0.1) is 5.73 Å². The van der Waals surface area contributed by atoms with E-state index in [2.05, 4.69) is 35.1 Å². The van der Waals surface area contributed by atoms with Crippen molar-refractivity contribution < 1.29 is 20.4 Å². The van der Waals surface area contributed by atoms with E-state index in [-0.39, 0.29) is 32.7 Å². The average Bonchev–Trinajstić information content (AvgIpc) is 1.39. The van der Waals surface area contributed by atoms with Crippen molar-refractivity contribution in [2.45, 2.75) is 0 Å². The van der Waals surface area contributed by atoms with Crippen LogP contribution in [0.2, 0.25) is 0 Å². The van der Waals surface area contributed by atoms with Gasteiger partial charge in [0.2, 0.25) is 0 Å². The minimum absolute atomic E-state index is 0. The summed E-state index contributed by atoms with van der Waals surface area (Å²) in [5.41, 5.74) is 2.25. The van der Waals surface area contributed by atoms with Crippen molar-refractivity contribution in [2.24, 2.45) is 0 Å². The van der Waals surface area contributed by atoms with E-state index in [4.69, 9.17) is 0 Å². The summed E-state index contributed by atoms with van der Waals surface area (Å²) in [7, 11) is 2.47. The van der Waals surface area contributed by atoms with Crippen molar-refractivity contribution in [3.8, 4) is 0 Å². The van der Waals surface area contributed by atoms with Gasteiger partial charge in [-0.25, -0.2) is 0 Å². The van der Waals surface area contributed by atoms with Crippen LogP contribution in [-0.2, 0) is 20.4 Å². The molecule has 0 aliphatic heterocycles. The maximum absolute atomic E-state index is 3.45. The molecule has 0 saturated heterocycles. The van der Waals surface area contributed by atoms with E-state index in [9.17, 15) is 0 Å². The zero-order valence-corrected chi connectivity index (χ0v) is 8.09. The van der Waals surface area contributed by atoms with Gasteiger partial charge in [0.05, 0.1) is 0 Å². The maximum Gasteiger partial charge on any atom is 0 e. The summed E-state index contributed by atoms with van der Waals surface area (Å²) in [6.07, 6.45) is 0.917. The first-order chi connectivity index (χ1) is 2.83. The maximum atomic E-state index is 3.45. The second-order valence-corrected chi connectivity index (χ2v) is 1.12. The average molecular weight is 240 g/mol. The zero-order valence-electron chi connectivity index (χ0n) is 5.38. The Morgan fingerprint density at radius 1 is 1.33 bits per heavy atom. The molecule has 0 bridgehead atoms. The van der Waals surface area contributed by atoms with Gasteiger partial charge >= 0.3 is 0 Å². The largest absolute Gasteiger partial charge is 0.693 e. The Hall–Kier alpha value is 0.532. The summed E-state index contributed by atoms with van der Waals surface area (Å²) in [4.78, 5) is 0. The third-order valence-corrected chi connectivity index (χ3v) is 0. The molecule has 0 heterocycles. The summed E-state index contributed by atoms with van der Waals surface area (Å²) in [6, 6.07) is 0. The van der Waals surface area contributed by atoms with Crippen LogP contribution in [0.25, 0.3) is 12.3 Å². The van der Waals surface area contributed by atoms with Gasteiger partial charge in [-0.1, -0.05) is 13.2 Å². The molecule has 0 aromatic carbocycles. The summed E-state index contributed by atoms with van der Waals surface area (Å²) < 4.78 is 0. The van der Waals surface area contributed by atoms with Gasteiger partial charge in [0, 0.05) is 20.4 Å². The number of hydrogen-bond acceptors (Lipinski definition) is 0. The summed E-state index contributed by atoms with van der Waals surface area (Å²) in [6.45, 7) is 9.70. The Morgan fingerprint density at radius 3 is 1.33 bits per heavy atom. The molecule has 0 saturated carbocycles. The van der Waals surface area contributed by atoms with Crippen molar-refractivity contribution >= 4 is 9.24 Å². The van der Waals surface area contributed by atoms with Crippen molar-refractivity contribution in [3.63, 3.8) is 0 Å². The van der Waals surface area contributed by atoms with E-state index in [1.807, 2.05) is 0 Å². The van der Waals surface area contributed by atoms with E-state index in [1.54, 1.807) is 0 Å². The minimum atomic E-state index is 0. The second kappa shape index (κ2) is 75.5. The second-order valence-electron chi connectivity index (χ2n) is 0.539. The molecule has 0 fully saturated rings. The predicted octanol–water partition coefficient (Wildman–Crippen LogP) is 3.08. The molecule has 62 valence electrons. The van der Waals surface area contributed by atoms with Gasteiger partial charge in [0.25, 0.3) is 0 Å². The molecular formula is C5H14N2PPd-3. The van der Waals surface area contributed by atoms with Crippen LogP contribution >= 0.6 is 9.24 Å². The van der Waals surface area contributed by atoms with E-state index in [0.717, 1.165) is 6.16 Å². The van der Waals surface area contributed by atoms with Gasteiger partial charge < -0.3 is 19.2 Å². The predicted molar refractivity (Wildman–Crippen MR) is 45.3 cm³/mol. The quantitative estimate of drug-likeness (QED) is 0.270. The van der Waals surface area contributed by atoms with Crippen LogP contribution in [0.5, 0.6) is 0 Å². The van der Waals surface area contributed by atoms with Crippen molar-refractivity contribution in [1.29, 1.82) is 0 Å². The molecule has 4 heteroatoms. The van der Waals surface area contributed by atoms with Crippen LogP contribution in [0, 0.1) is 6.92 Å². The fourth-order valence-corrected chi connectivity index (χ4v) is 0. The summed E-state index contributed by atoms with van der Waals surface area (Å²) in [5.74, 6) is 0. The summed E-state index contributed by atoms with van der Waals surface area (Å²) in [5, 5.41) is 0. The topological polar surface area (TPSA) is 67.0 Å². The molecule has 0 spiro atoms. The Kier molecular flexibility index (Phi) is 283. The first-order valence-electron chi connectivity index (χ1n) is 1.62. The number of nitrogens with two attached hydrogens (primary N) is 2. The molecule has 0 aliphatic rings. The van der Waals surface area contributed by atoms with Crippen molar-refractivity contribution in [3.05, 3.63) is 38.1 Å². The van der Waals surface area contributed by atoms with Gasteiger partial charge in [-0.05, 0) is 0 Å². The van der Waals surface area contributed by atoms with E-state index < -0.39 is 0 Å². The van der Waals surface area contributed by atoms with Gasteiger partial charge in [0.15, 0.2) is 0 Å². The van der Waals surface area contributed by atoms with Crippen LogP contribution in [-0.4, -0.2) is 6.16 Å². The molecule has 0 rings (SSSR count). The molecule has 2 nitrogen and oxygen atoms in total. The minimum Gasteiger partial charge on any atom is -0.693 e. The van der Waals surface area contributed by atoms with Crippen LogP contribution in [0.1, 0.15) is 0 Å². The van der Waals surface area contributed by atoms with Gasteiger partial charge in [-0.2, -0.15) is 15.4 Å². The fraction of sp³-hybridized carbons (Fsp3) is 0.200. The van der Waals surface area contributed by atoms with Crippen LogP contribution in [0.4, 0.5) is 0 Å². The van der Waals surface area contributed by atoms with Crippen molar-refractivity contribution in [2.75, 3.05) is 6.16 Å². The molecule has 0 amide bonds. The molecule has 0 aromatic rings. The Balaban J connectivity index is -0.00000000889. The molecule has 1 unspecified atom stereocenters. The van der Waals surface area contributed by atoms with Crippen LogP contribution in [0.15, 0.2) is 18.9 Å². The molecule has 9 heavy (non-hydrogen) atoms. The first kappa shape index (κ1) is 33.8. The third-order valence-electron chi connectivity index (χ3n) is 0. The Labute approximate surface area is 74.2 Å². The zero-order chi connectivity index (χ0) is 5.41. The molecule has 4 N–H and O–H groups in total. The fourth-order valence-electron chi connectivity index (χ4n) is 0. The molecular weight excluding hydrogens is 225 g/mol.